The molecule has 1 fully saturated rings. The summed E-state index contributed by atoms with van der Waals surface area (Å²) >= 11 is 0. The third-order valence-electron chi connectivity index (χ3n) is 4.59. The summed E-state index contributed by atoms with van der Waals surface area (Å²) in [7, 11) is 1.78. The van der Waals surface area contributed by atoms with Gasteiger partial charge in [0.2, 0.25) is 5.82 Å². The summed E-state index contributed by atoms with van der Waals surface area (Å²) in [5.41, 5.74) is 0.583. The molecule has 0 bridgehead atoms. The van der Waals surface area contributed by atoms with Gasteiger partial charge in [-0.3, -0.25) is 9.89 Å². The molecular formula is C16H21N9O. The fourth-order valence-corrected chi connectivity index (χ4v) is 2.94. The molecule has 0 unspecified atom stereocenters. The molecule has 0 saturated carbocycles. The summed E-state index contributed by atoms with van der Waals surface area (Å²) in [4.78, 5) is 20.0. The predicted molar refractivity (Wildman–Crippen MR) is 94.0 cm³/mol. The summed E-state index contributed by atoms with van der Waals surface area (Å²) in [6.45, 7) is 7.67. The molecule has 3 aromatic heterocycles. The smallest absolute Gasteiger partial charge is 0.291 e. The van der Waals surface area contributed by atoms with Crippen molar-refractivity contribution in [1.29, 1.82) is 0 Å². The van der Waals surface area contributed by atoms with E-state index in [4.69, 9.17) is 5.10 Å². The van der Waals surface area contributed by atoms with Gasteiger partial charge in [-0.15, -0.1) is 15.3 Å². The highest BCUT2D eigenvalue weighted by molar-refractivity contribution is 5.90. The number of carbonyl (C=O) groups is 1. The van der Waals surface area contributed by atoms with E-state index in [2.05, 4.69) is 51.0 Å². The van der Waals surface area contributed by atoms with Crippen LogP contribution in [-0.4, -0.2) is 72.0 Å². The number of rotatable bonds is 3. The van der Waals surface area contributed by atoms with E-state index in [0.717, 1.165) is 17.3 Å². The molecule has 1 aliphatic heterocycles. The molecular weight excluding hydrogens is 334 g/mol. The molecule has 10 nitrogen and oxygen atoms in total. The summed E-state index contributed by atoms with van der Waals surface area (Å²) in [5.74, 6) is 1.76. The number of aromatic nitrogens is 7. The van der Waals surface area contributed by atoms with Crippen LogP contribution in [-0.2, 0) is 5.41 Å². The van der Waals surface area contributed by atoms with Gasteiger partial charge in [-0.25, -0.2) is 4.98 Å². The first-order chi connectivity index (χ1) is 12.3. The van der Waals surface area contributed by atoms with Crippen LogP contribution in [0.3, 0.4) is 0 Å². The van der Waals surface area contributed by atoms with Crippen molar-refractivity contribution < 1.29 is 4.79 Å². The Morgan fingerprint density at radius 3 is 2.69 bits per heavy atom. The van der Waals surface area contributed by atoms with Crippen molar-refractivity contribution in [1.82, 2.24) is 39.9 Å². The Bertz CT molecular complexity index is 934. The van der Waals surface area contributed by atoms with E-state index >= 15 is 0 Å². The lowest BCUT2D eigenvalue weighted by atomic mass is 9.96. The summed E-state index contributed by atoms with van der Waals surface area (Å²) in [6.07, 6.45) is 1.33. The third kappa shape index (κ3) is 2.67. The Kier molecular flexibility index (Phi) is 3.63. The monoisotopic (exact) mass is 355 g/mol. The number of fused-ring (bicyclic) bond motifs is 1. The topological polar surface area (TPSA) is 108 Å². The predicted octanol–water partition coefficient (Wildman–Crippen LogP) is 0.501. The van der Waals surface area contributed by atoms with Gasteiger partial charge in [0.15, 0.2) is 11.5 Å². The van der Waals surface area contributed by atoms with E-state index < -0.39 is 0 Å². The molecule has 0 spiro atoms. The standard InChI is InChI=1S/C16H21N9O/c1-16(2,3)15-21-19-11-5-6-12(22-25(11)15)24-7-10(8-24)23(4)14(26)13-17-9-18-20-13/h5-6,9-10H,7-8H2,1-4H3,(H,17,18,20). The first-order valence-corrected chi connectivity index (χ1v) is 8.45. The van der Waals surface area contributed by atoms with Crippen LogP contribution in [0, 0.1) is 0 Å². The Morgan fingerprint density at radius 1 is 1.27 bits per heavy atom. The Hall–Kier alpha value is -3.04. The van der Waals surface area contributed by atoms with Gasteiger partial charge >= 0.3 is 0 Å². The summed E-state index contributed by atoms with van der Waals surface area (Å²) < 4.78 is 1.80. The van der Waals surface area contributed by atoms with E-state index in [0.29, 0.717) is 13.1 Å². The lowest BCUT2D eigenvalue weighted by Gasteiger charge is -2.44. The van der Waals surface area contributed by atoms with Gasteiger partial charge in [-0.05, 0) is 12.1 Å². The number of likely N-dealkylation sites (N-methyl/N-ethyl adjacent to an activating group) is 1. The Labute approximate surface area is 150 Å². The minimum Gasteiger partial charge on any atom is -0.351 e. The average molecular weight is 355 g/mol. The van der Waals surface area contributed by atoms with Crippen LogP contribution in [0.25, 0.3) is 5.65 Å². The average Bonchev–Trinajstić information content (AvgIpc) is 3.21. The van der Waals surface area contributed by atoms with Crippen molar-refractivity contribution in [3.63, 3.8) is 0 Å². The highest BCUT2D eigenvalue weighted by Gasteiger charge is 2.35. The van der Waals surface area contributed by atoms with E-state index in [-0.39, 0.29) is 23.2 Å². The number of anilines is 1. The quantitative estimate of drug-likeness (QED) is 0.729. The highest BCUT2D eigenvalue weighted by Crippen LogP contribution is 2.24. The molecule has 0 atom stereocenters. The Morgan fingerprint density at radius 2 is 2.04 bits per heavy atom. The number of nitrogens with one attached hydrogen (secondary N) is 1. The maximum atomic E-state index is 12.3. The van der Waals surface area contributed by atoms with Crippen LogP contribution in [0.4, 0.5) is 5.82 Å². The first-order valence-electron chi connectivity index (χ1n) is 8.45. The van der Waals surface area contributed by atoms with Crippen LogP contribution in [0.1, 0.15) is 37.2 Å². The third-order valence-corrected chi connectivity index (χ3v) is 4.59. The van der Waals surface area contributed by atoms with E-state index in [1.54, 1.807) is 16.5 Å². The van der Waals surface area contributed by atoms with Crippen molar-refractivity contribution in [3.05, 3.63) is 30.1 Å². The normalized spacial score (nSPS) is 15.3. The number of carbonyl (C=O) groups excluding carboxylic acids is 1. The second-order valence-corrected chi connectivity index (χ2v) is 7.54. The van der Waals surface area contributed by atoms with Crippen molar-refractivity contribution in [3.8, 4) is 0 Å². The van der Waals surface area contributed by atoms with Gasteiger partial charge in [0.05, 0.1) is 6.04 Å². The molecule has 1 aliphatic rings. The molecule has 3 aromatic rings. The van der Waals surface area contributed by atoms with Crippen LogP contribution in [0.2, 0.25) is 0 Å². The molecule has 4 rings (SSSR count). The molecule has 136 valence electrons. The number of aromatic amines is 1. The molecule has 1 amide bonds. The lowest BCUT2D eigenvalue weighted by Crippen LogP contribution is -2.60. The molecule has 26 heavy (non-hydrogen) atoms. The van der Waals surface area contributed by atoms with Gasteiger partial charge in [0, 0.05) is 25.6 Å². The van der Waals surface area contributed by atoms with Gasteiger partial charge in [0.1, 0.15) is 12.1 Å². The molecule has 0 radical (unpaired) electrons. The molecule has 0 aliphatic carbocycles. The second-order valence-electron chi connectivity index (χ2n) is 7.54. The van der Waals surface area contributed by atoms with Gasteiger partial charge in [0.25, 0.3) is 5.91 Å². The highest BCUT2D eigenvalue weighted by atomic mass is 16.2. The SMILES string of the molecule is CN(C(=O)c1ncn[nH]1)C1CN(c2ccc3nnc(C(C)(C)C)n3n2)C1. The number of nitrogens with zero attached hydrogens (tertiary/aromatic N) is 8. The number of hydrogen-bond acceptors (Lipinski definition) is 7. The largest absolute Gasteiger partial charge is 0.351 e. The lowest BCUT2D eigenvalue weighted by molar-refractivity contribution is 0.0693. The Balaban J connectivity index is 1.49. The van der Waals surface area contributed by atoms with Crippen molar-refractivity contribution >= 4 is 17.4 Å². The fraction of sp³-hybridized carbons (Fsp3) is 0.500. The first kappa shape index (κ1) is 16.4. The van der Waals surface area contributed by atoms with Crippen molar-refractivity contribution in [2.45, 2.75) is 32.2 Å². The van der Waals surface area contributed by atoms with Crippen LogP contribution < -0.4 is 4.90 Å². The minimum absolute atomic E-state index is 0.105. The van der Waals surface area contributed by atoms with Crippen molar-refractivity contribution in [2.75, 3.05) is 25.0 Å². The molecule has 1 saturated heterocycles. The van der Waals surface area contributed by atoms with Gasteiger partial charge in [-0.1, -0.05) is 20.8 Å². The maximum absolute atomic E-state index is 12.3. The van der Waals surface area contributed by atoms with Crippen LogP contribution in [0.15, 0.2) is 18.5 Å². The zero-order valence-corrected chi connectivity index (χ0v) is 15.2. The van der Waals surface area contributed by atoms with Crippen LogP contribution in [0.5, 0.6) is 0 Å². The van der Waals surface area contributed by atoms with Gasteiger partial charge < -0.3 is 9.80 Å². The number of hydrogen-bond donors (Lipinski definition) is 1. The fourth-order valence-electron chi connectivity index (χ4n) is 2.94. The van der Waals surface area contributed by atoms with E-state index in [1.807, 2.05) is 12.1 Å². The number of H-pyrrole nitrogens is 1. The minimum atomic E-state index is -0.163. The molecule has 0 aromatic carbocycles. The van der Waals surface area contributed by atoms with Crippen LogP contribution >= 0.6 is 0 Å². The zero-order valence-electron chi connectivity index (χ0n) is 15.2. The number of amides is 1. The van der Waals surface area contributed by atoms with Crippen molar-refractivity contribution in [2.24, 2.45) is 0 Å². The summed E-state index contributed by atoms with van der Waals surface area (Å²) in [5, 5.41) is 19.5. The van der Waals surface area contributed by atoms with E-state index in [9.17, 15) is 4.79 Å². The maximum Gasteiger partial charge on any atom is 0.291 e. The molecule has 1 N–H and O–H groups in total. The second kappa shape index (κ2) is 5.75. The molecule has 4 heterocycles. The molecule has 10 heteroatoms. The van der Waals surface area contributed by atoms with E-state index in [1.165, 1.54) is 6.33 Å². The summed E-state index contributed by atoms with van der Waals surface area (Å²) in [6, 6.07) is 3.96. The van der Waals surface area contributed by atoms with Gasteiger partial charge in [-0.2, -0.15) is 9.61 Å². The zero-order chi connectivity index (χ0) is 18.5.